The summed E-state index contributed by atoms with van der Waals surface area (Å²) in [6.45, 7) is 4.42. The highest BCUT2D eigenvalue weighted by Crippen LogP contribution is 2.19. The smallest absolute Gasteiger partial charge is 0.0280 e. The fraction of sp³-hybridized carbons (Fsp3) is 0.556. The molecule has 0 atom stereocenters. The molecule has 1 aliphatic rings. The molecule has 1 aliphatic carbocycles. The van der Waals surface area contributed by atoms with Gasteiger partial charge in [0.15, 0.2) is 0 Å². The molecule has 0 fully saturated rings. The van der Waals surface area contributed by atoms with Gasteiger partial charge in [0.2, 0.25) is 0 Å². The molecule has 0 radical (unpaired) electrons. The van der Waals surface area contributed by atoms with Crippen LogP contribution in [0.1, 0.15) is 33.1 Å². The van der Waals surface area contributed by atoms with Gasteiger partial charge in [-0.1, -0.05) is 30.2 Å². The third-order valence-corrected chi connectivity index (χ3v) is 1.90. The number of hydrogen-bond acceptors (Lipinski definition) is 0. The fourth-order valence-electron chi connectivity index (χ4n) is 1.08. The molecule has 0 heteroatoms. The molecule has 0 aromatic carbocycles. The molecule has 0 amide bonds. The van der Waals surface area contributed by atoms with E-state index < -0.39 is 0 Å². The molecule has 0 bridgehead atoms. The number of allylic oxidation sites excluding steroid dienone is 4. The van der Waals surface area contributed by atoms with E-state index in [-0.39, 0.29) is 0 Å². The first-order valence-electron chi connectivity index (χ1n) is 3.68. The highest BCUT2D eigenvalue weighted by atomic mass is 14.0. The quantitative estimate of drug-likeness (QED) is 0.501. The monoisotopic (exact) mass is 122 g/mol. The van der Waals surface area contributed by atoms with Crippen LogP contribution < -0.4 is 0 Å². The Hall–Kier alpha value is -0.520. The van der Waals surface area contributed by atoms with Gasteiger partial charge in [-0.05, 0) is 26.2 Å². The Morgan fingerprint density at radius 1 is 1.33 bits per heavy atom. The van der Waals surface area contributed by atoms with Gasteiger partial charge >= 0.3 is 0 Å². The zero-order valence-corrected chi connectivity index (χ0v) is 6.28. The molecule has 0 aromatic heterocycles. The van der Waals surface area contributed by atoms with Gasteiger partial charge in [0.25, 0.3) is 0 Å². The summed E-state index contributed by atoms with van der Waals surface area (Å²) in [5, 5.41) is 0. The molecule has 0 aromatic rings. The second-order valence-electron chi connectivity index (χ2n) is 2.69. The van der Waals surface area contributed by atoms with Gasteiger partial charge in [-0.2, -0.15) is 0 Å². The normalized spacial score (nSPS) is 18.9. The number of hydrogen-bond donors (Lipinski definition) is 0. The van der Waals surface area contributed by atoms with Crippen molar-refractivity contribution in [2.24, 2.45) is 0 Å². The van der Waals surface area contributed by atoms with Crippen LogP contribution in [-0.4, -0.2) is 0 Å². The molecule has 0 spiro atoms. The average Bonchev–Trinajstić information content (AvgIpc) is 1.90. The van der Waals surface area contributed by atoms with E-state index in [0.717, 1.165) is 0 Å². The van der Waals surface area contributed by atoms with E-state index in [1.807, 2.05) is 0 Å². The number of rotatable bonds is 1. The third-order valence-electron chi connectivity index (χ3n) is 1.90. The van der Waals surface area contributed by atoms with E-state index in [1.54, 1.807) is 5.57 Å². The van der Waals surface area contributed by atoms with Crippen LogP contribution in [0, 0.1) is 0 Å². The molecule has 0 aliphatic heterocycles. The third kappa shape index (κ3) is 1.70. The van der Waals surface area contributed by atoms with Crippen molar-refractivity contribution >= 4 is 0 Å². The van der Waals surface area contributed by atoms with Crippen LogP contribution in [-0.2, 0) is 0 Å². The molecule has 0 nitrogen and oxygen atoms in total. The molecule has 0 N–H and O–H groups in total. The van der Waals surface area contributed by atoms with Crippen LogP contribution in [0.3, 0.4) is 0 Å². The van der Waals surface area contributed by atoms with Gasteiger partial charge in [0, 0.05) is 0 Å². The first kappa shape index (κ1) is 6.60. The first-order chi connectivity index (χ1) is 4.33. The predicted molar refractivity (Wildman–Crippen MR) is 41.4 cm³/mol. The average molecular weight is 122 g/mol. The molecular weight excluding hydrogens is 108 g/mol. The minimum absolute atomic E-state index is 1.23. The summed E-state index contributed by atoms with van der Waals surface area (Å²) in [5.74, 6) is 0. The molecule has 1 rings (SSSR count). The van der Waals surface area contributed by atoms with E-state index in [2.05, 4.69) is 26.0 Å². The van der Waals surface area contributed by atoms with Gasteiger partial charge in [0.05, 0.1) is 0 Å². The molecule has 9 heavy (non-hydrogen) atoms. The van der Waals surface area contributed by atoms with Crippen molar-refractivity contribution in [3.05, 3.63) is 23.3 Å². The van der Waals surface area contributed by atoms with Gasteiger partial charge in [-0.25, -0.2) is 0 Å². The molecule has 0 heterocycles. The lowest BCUT2D eigenvalue weighted by Crippen LogP contribution is -1.88. The maximum absolute atomic E-state index is 2.26. The standard InChI is InChI=1S/C9H14/c1-3-9-6-4-8(2)5-7-9/h4,6H,3,5,7H2,1-2H3. The van der Waals surface area contributed by atoms with Gasteiger partial charge in [0.1, 0.15) is 0 Å². The fourth-order valence-corrected chi connectivity index (χ4v) is 1.08. The Bertz CT molecular complexity index is 149. The first-order valence-corrected chi connectivity index (χ1v) is 3.68. The zero-order chi connectivity index (χ0) is 6.69. The van der Waals surface area contributed by atoms with Gasteiger partial charge in [-0.3, -0.25) is 0 Å². The van der Waals surface area contributed by atoms with E-state index in [0.29, 0.717) is 0 Å². The summed E-state index contributed by atoms with van der Waals surface area (Å²) in [6, 6.07) is 0. The maximum Gasteiger partial charge on any atom is -0.0280 e. The summed E-state index contributed by atoms with van der Waals surface area (Å²) >= 11 is 0. The summed E-state index contributed by atoms with van der Waals surface area (Å²) in [6.07, 6.45) is 8.30. The molecule has 50 valence electrons. The Morgan fingerprint density at radius 2 is 2.11 bits per heavy atom. The van der Waals surface area contributed by atoms with Crippen molar-refractivity contribution in [1.82, 2.24) is 0 Å². The van der Waals surface area contributed by atoms with Crippen molar-refractivity contribution in [2.45, 2.75) is 33.1 Å². The Morgan fingerprint density at radius 3 is 2.56 bits per heavy atom. The van der Waals surface area contributed by atoms with Crippen LogP contribution in [0.25, 0.3) is 0 Å². The van der Waals surface area contributed by atoms with Crippen molar-refractivity contribution in [2.75, 3.05) is 0 Å². The Kier molecular flexibility index (Phi) is 2.10. The summed E-state index contributed by atoms with van der Waals surface area (Å²) in [5.41, 5.74) is 3.12. The Balaban J connectivity index is 2.59. The van der Waals surface area contributed by atoms with Crippen LogP contribution in [0.2, 0.25) is 0 Å². The minimum Gasteiger partial charge on any atom is -0.0730 e. The largest absolute Gasteiger partial charge is 0.0730 e. The van der Waals surface area contributed by atoms with E-state index in [9.17, 15) is 0 Å². The molecule has 0 saturated carbocycles. The molecule has 0 unspecified atom stereocenters. The summed E-state index contributed by atoms with van der Waals surface area (Å²) in [7, 11) is 0. The summed E-state index contributed by atoms with van der Waals surface area (Å²) < 4.78 is 0. The topological polar surface area (TPSA) is 0 Å². The highest BCUT2D eigenvalue weighted by molar-refractivity contribution is 5.22. The zero-order valence-electron chi connectivity index (χ0n) is 6.28. The SMILES string of the molecule is CCC1=CC=C(C)CC1. The van der Waals surface area contributed by atoms with Crippen molar-refractivity contribution in [3.8, 4) is 0 Å². The lowest BCUT2D eigenvalue weighted by Gasteiger charge is -2.08. The van der Waals surface area contributed by atoms with E-state index >= 15 is 0 Å². The van der Waals surface area contributed by atoms with Gasteiger partial charge in [-0.15, -0.1) is 0 Å². The van der Waals surface area contributed by atoms with Crippen LogP contribution in [0.4, 0.5) is 0 Å². The van der Waals surface area contributed by atoms with Gasteiger partial charge < -0.3 is 0 Å². The van der Waals surface area contributed by atoms with Crippen molar-refractivity contribution < 1.29 is 0 Å². The highest BCUT2D eigenvalue weighted by Gasteiger charge is 1.99. The molecular formula is C9H14. The van der Waals surface area contributed by atoms with Crippen molar-refractivity contribution in [3.63, 3.8) is 0 Å². The second-order valence-corrected chi connectivity index (χ2v) is 2.69. The van der Waals surface area contributed by atoms with E-state index in [4.69, 9.17) is 0 Å². The minimum atomic E-state index is 1.23. The lowest BCUT2D eigenvalue weighted by atomic mass is 9.98. The van der Waals surface area contributed by atoms with E-state index in [1.165, 1.54) is 24.8 Å². The predicted octanol–water partition coefficient (Wildman–Crippen LogP) is 3.06. The lowest BCUT2D eigenvalue weighted by molar-refractivity contribution is 0.857. The van der Waals surface area contributed by atoms with Crippen LogP contribution in [0.15, 0.2) is 23.3 Å². The van der Waals surface area contributed by atoms with Crippen LogP contribution >= 0.6 is 0 Å². The molecule has 0 saturated heterocycles. The maximum atomic E-state index is 2.26. The Labute approximate surface area is 57.3 Å². The second kappa shape index (κ2) is 2.86. The van der Waals surface area contributed by atoms with Crippen LogP contribution in [0.5, 0.6) is 0 Å². The van der Waals surface area contributed by atoms with Crippen molar-refractivity contribution in [1.29, 1.82) is 0 Å². The summed E-state index contributed by atoms with van der Waals surface area (Å²) in [4.78, 5) is 0.